The lowest BCUT2D eigenvalue weighted by Crippen LogP contribution is -2.34. The lowest BCUT2D eigenvalue weighted by molar-refractivity contribution is -0.123. The van der Waals surface area contributed by atoms with Gasteiger partial charge in [-0.05, 0) is 30.3 Å². The SMILES string of the molecule is COc1cccc(SCC(=O)Nc2ccccc2C(=O)NCC(F)(F)F)c1. The third kappa shape index (κ3) is 6.86. The molecule has 0 spiro atoms. The number of thioether (sulfide) groups is 1. The summed E-state index contributed by atoms with van der Waals surface area (Å²) in [5.41, 5.74) is 0.106. The summed E-state index contributed by atoms with van der Waals surface area (Å²) in [5.74, 6) is -0.583. The second-order valence-electron chi connectivity index (χ2n) is 5.36. The first-order chi connectivity index (χ1) is 12.8. The number of methoxy groups -OCH3 is 1. The summed E-state index contributed by atoms with van der Waals surface area (Å²) in [6, 6.07) is 13.0. The number of carbonyl (C=O) groups excluding carboxylic acids is 2. The number of ether oxygens (including phenoxy) is 1. The molecule has 0 saturated heterocycles. The average molecular weight is 398 g/mol. The van der Waals surface area contributed by atoms with Crippen LogP contribution in [0.15, 0.2) is 53.4 Å². The van der Waals surface area contributed by atoms with Gasteiger partial charge < -0.3 is 15.4 Å². The van der Waals surface area contributed by atoms with Gasteiger partial charge in [-0.1, -0.05) is 18.2 Å². The summed E-state index contributed by atoms with van der Waals surface area (Å²) < 4.78 is 41.9. The molecule has 2 rings (SSSR count). The summed E-state index contributed by atoms with van der Waals surface area (Å²) in [6.07, 6.45) is -4.51. The molecule has 2 N–H and O–H groups in total. The van der Waals surface area contributed by atoms with Crippen LogP contribution in [0, 0.1) is 0 Å². The number of hydrogen-bond donors (Lipinski definition) is 2. The zero-order valence-electron chi connectivity index (χ0n) is 14.3. The number of hydrogen-bond acceptors (Lipinski definition) is 4. The zero-order chi connectivity index (χ0) is 19.9. The fourth-order valence-electron chi connectivity index (χ4n) is 2.09. The normalized spacial score (nSPS) is 11.0. The molecule has 0 heterocycles. The highest BCUT2D eigenvalue weighted by Gasteiger charge is 2.28. The second-order valence-corrected chi connectivity index (χ2v) is 6.41. The Morgan fingerprint density at radius 1 is 1.11 bits per heavy atom. The van der Waals surface area contributed by atoms with Crippen molar-refractivity contribution in [2.24, 2.45) is 0 Å². The van der Waals surface area contributed by atoms with Crippen LogP contribution in [0.25, 0.3) is 0 Å². The van der Waals surface area contributed by atoms with Crippen LogP contribution in [0.1, 0.15) is 10.4 Å². The fourth-order valence-corrected chi connectivity index (χ4v) is 2.84. The van der Waals surface area contributed by atoms with Crippen molar-refractivity contribution in [2.75, 3.05) is 24.7 Å². The van der Waals surface area contributed by atoms with Gasteiger partial charge in [0.05, 0.1) is 24.1 Å². The highest BCUT2D eigenvalue weighted by molar-refractivity contribution is 8.00. The molecule has 0 bridgehead atoms. The van der Waals surface area contributed by atoms with Gasteiger partial charge in [0.25, 0.3) is 5.91 Å². The maximum Gasteiger partial charge on any atom is 0.405 e. The number of carbonyl (C=O) groups is 2. The van der Waals surface area contributed by atoms with Crippen LogP contribution in [-0.2, 0) is 4.79 Å². The van der Waals surface area contributed by atoms with Crippen LogP contribution in [-0.4, -0.2) is 37.4 Å². The molecule has 0 atom stereocenters. The molecule has 0 aliphatic rings. The van der Waals surface area contributed by atoms with E-state index in [-0.39, 0.29) is 22.9 Å². The van der Waals surface area contributed by atoms with Crippen molar-refractivity contribution < 1.29 is 27.5 Å². The van der Waals surface area contributed by atoms with E-state index in [0.717, 1.165) is 4.90 Å². The lowest BCUT2D eigenvalue weighted by atomic mass is 10.1. The Morgan fingerprint density at radius 2 is 1.85 bits per heavy atom. The van der Waals surface area contributed by atoms with Gasteiger partial charge in [0, 0.05) is 4.90 Å². The number of halogens is 3. The summed E-state index contributed by atoms with van der Waals surface area (Å²) in [5, 5.41) is 4.34. The minimum atomic E-state index is -4.51. The van der Waals surface area contributed by atoms with Crippen LogP contribution in [0.5, 0.6) is 5.75 Å². The van der Waals surface area contributed by atoms with Crippen molar-refractivity contribution in [1.82, 2.24) is 5.32 Å². The average Bonchev–Trinajstić information content (AvgIpc) is 2.64. The van der Waals surface area contributed by atoms with Gasteiger partial charge in [-0.2, -0.15) is 13.2 Å². The number of rotatable bonds is 7. The van der Waals surface area contributed by atoms with E-state index >= 15 is 0 Å². The van der Waals surface area contributed by atoms with Gasteiger partial charge in [0.1, 0.15) is 12.3 Å². The summed E-state index contributed by atoms with van der Waals surface area (Å²) >= 11 is 1.26. The van der Waals surface area contributed by atoms with Crippen molar-refractivity contribution >= 4 is 29.3 Å². The molecular formula is C18H17F3N2O3S. The molecule has 0 saturated carbocycles. The molecule has 9 heteroatoms. The zero-order valence-corrected chi connectivity index (χ0v) is 15.1. The van der Waals surface area contributed by atoms with E-state index in [1.807, 2.05) is 6.07 Å². The van der Waals surface area contributed by atoms with Gasteiger partial charge in [0.15, 0.2) is 0 Å². The Balaban J connectivity index is 1.98. The fraction of sp³-hybridized carbons (Fsp3) is 0.222. The number of para-hydroxylation sites is 1. The molecule has 5 nitrogen and oxygen atoms in total. The van der Waals surface area contributed by atoms with Crippen LogP contribution in [0.3, 0.4) is 0 Å². The van der Waals surface area contributed by atoms with Crippen molar-refractivity contribution in [1.29, 1.82) is 0 Å². The van der Waals surface area contributed by atoms with E-state index in [4.69, 9.17) is 4.74 Å². The van der Waals surface area contributed by atoms with Crippen LogP contribution < -0.4 is 15.4 Å². The predicted molar refractivity (Wildman–Crippen MR) is 97.2 cm³/mol. The van der Waals surface area contributed by atoms with E-state index in [1.165, 1.54) is 37.1 Å². The van der Waals surface area contributed by atoms with E-state index < -0.39 is 18.6 Å². The quantitative estimate of drug-likeness (QED) is 0.698. The second kappa shape index (κ2) is 9.31. The highest BCUT2D eigenvalue weighted by Crippen LogP contribution is 2.23. The van der Waals surface area contributed by atoms with Crippen LogP contribution >= 0.6 is 11.8 Å². The minimum absolute atomic E-state index is 0.0403. The number of alkyl halides is 3. The number of benzene rings is 2. The van der Waals surface area contributed by atoms with Crippen LogP contribution in [0.4, 0.5) is 18.9 Å². The smallest absolute Gasteiger partial charge is 0.405 e. The first-order valence-corrected chi connectivity index (χ1v) is 8.78. The Bertz CT molecular complexity index is 812. The molecule has 0 unspecified atom stereocenters. The van der Waals surface area contributed by atoms with E-state index in [0.29, 0.717) is 5.75 Å². The molecule has 27 heavy (non-hydrogen) atoms. The maximum absolute atomic E-state index is 12.3. The topological polar surface area (TPSA) is 67.4 Å². The number of amides is 2. The molecule has 2 amide bonds. The van der Waals surface area contributed by atoms with Gasteiger partial charge >= 0.3 is 6.18 Å². The molecule has 0 aliphatic heterocycles. The van der Waals surface area contributed by atoms with Crippen molar-refractivity contribution in [3.05, 3.63) is 54.1 Å². The van der Waals surface area contributed by atoms with Crippen LogP contribution in [0.2, 0.25) is 0 Å². The van der Waals surface area contributed by atoms with E-state index in [1.54, 1.807) is 29.6 Å². The Kier molecular flexibility index (Phi) is 7.12. The third-order valence-electron chi connectivity index (χ3n) is 3.31. The molecule has 144 valence electrons. The molecule has 0 radical (unpaired) electrons. The van der Waals surface area contributed by atoms with Gasteiger partial charge in [-0.3, -0.25) is 9.59 Å². The highest BCUT2D eigenvalue weighted by atomic mass is 32.2. The third-order valence-corrected chi connectivity index (χ3v) is 4.30. The molecule has 0 aliphatic carbocycles. The molecule has 0 fully saturated rings. The summed E-state index contributed by atoms with van der Waals surface area (Å²) in [6.45, 7) is -1.44. The molecule has 0 aromatic heterocycles. The lowest BCUT2D eigenvalue weighted by Gasteiger charge is -2.12. The van der Waals surface area contributed by atoms with E-state index in [9.17, 15) is 22.8 Å². The standard InChI is InChI=1S/C18H17F3N2O3S/c1-26-12-5-4-6-13(9-12)27-10-16(24)23-15-8-3-2-7-14(15)17(25)22-11-18(19,20)21/h2-9H,10-11H2,1H3,(H,22,25)(H,23,24). The van der Waals surface area contributed by atoms with E-state index in [2.05, 4.69) is 5.32 Å². The Labute approximate surface area is 158 Å². The summed E-state index contributed by atoms with van der Waals surface area (Å²) in [7, 11) is 1.54. The molecule has 2 aromatic carbocycles. The minimum Gasteiger partial charge on any atom is -0.497 e. The predicted octanol–water partition coefficient (Wildman–Crippen LogP) is 3.72. The number of anilines is 1. The number of nitrogens with one attached hydrogen (secondary N) is 2. The Morgan fingerprint density at radius 3 is 2.56 bits per heavy atom. The monoisotopic (exact) mass is 398 g/mol. The van der Waals surface area contributed by atoms with Crippen molar-refractivity contribution in [3.63, 3.8) is 0 Å². The summed E-state index contributed by atoms with van der Waals surface area (Å²) in [4.78, 5) is 24.9. The van der Waals surface area contributed by atoms with Gasteiger partial charge in [-0.15, -0.1) is 11.8 Å². The maximum atomic E-state index is 12.3. The van der Waals surface area contributed by atoms with Gasteiger partial charge in [0.2, 0.25) is 5.91 Å². The first kappa shape index (κ1) is 20.6. The largest absolute Gasteiger partial charge is 0.497 e. The van der Waals surface area contributed by atoms with Gasteiger partial charge in [-0.25, -0.2) is 0 Å². The molecule has 2 aromatic rings. The van der Waals surface area contributed by atoms with Crippen molar-refractivity contribution in [3.8, 4) is 5.75 Å². The Hall–Kier alpha value is -2.68. The molecular weight excluding hydrogens is 381 g/mol. The first-order valence-electron chi connectivity index (χ1n) is 7.79. The van der Waals surface area contributed by atoms with Crippen molar-refractivity contribution in [2.45, 2.75) is 11.1 Å².